The Kier molecular flexibility index (Phi) is 24.2. The molecule has 2 aliphatic rings. The Labute approximate surface area is 531 Å². The fourth-order valence-corrected chi connectivity index (χ4v) is 14.0. The normalized spacial score (nSPS) is 15.9. The Morgan fingerprint density at radius 3 is 1.80 bits per heavy atom. The Balaban J connectivity index is 1.04. The molecule has 0 unspecified atom stereocenters. The van der Waals surface area contributed by atoms with Crippen LogP contribution < -0.4 is 26.2 Å². The summed E-state index contributed by atoms with van der Waals surface area (Å²) in [5.74, 6) is -4.84. The molecule has 0 saturated heterocycles. The van der Waals surface area contributed by atoms with Gasteiger partial charge < -0.3 is 55.5 Å². The van der Waals surface area contributed by atoms with Crippen LogP contribution in [-0.4, -0.2) is 178 Å². The van der Waals surface area contributed by atoms with Crippen molar-refractivity contribution in [3.63, 3.8) is 0 Å². The van der Waals surface area contributed by atoms with E-state index >= 15 is 0 Å². The molecule has 2 aliphatic heterocycles. The number of amides is 4. The minimum atomic E-state index is -5.21. The Morgan fingerprint density at radius 1 is 0.620 bits per heavy atom. The number of carboxylic acids is 3. The molecule has 0 radical (unpaired) electrons. The summed E-state index contributed by atoms with van der Waals surface area (Å²) in [5, 5.41) is 37.3. The molecule has 0 aromatic heterocycles. The van der Waals surface area contributed by atoms with Gasteiger partial charge in [-0.05, 0) is 123 Å². The average molecular weight is 1360 g/mol. The van der Waals surface area contributed by atoms with Crippen LogP contribution in [0.2, 0.25) is 0 Å². The Bertz CT molecular complexity index is 4140. The molecule has 2 heterocycles. The van der Waals surface area contributed by atoms with E-state index in [4.69, 9.17) is 14.6 Å². The molecule has 4 aromatic rings. The Hall–Kier alpha value is -7.73. The van der Waals surface area contributed by atoms with Crippen LogP contribution in [0.4, 0.5) is 16.2 Å². The van der Waals surface area contributed by atoms with Gasteiger partial charge >= 0.3 is 23.9 Å². The number of carbonyl (C=O) groups is 6. The number of unbranched alkanes of at least 4 members (excludes halogenated alkanes) is 3. The molecule has 0 aliphatic carbocycles. The van der Waals surface area contributed by atoms with Gasteiger partial charge in [0.15, 0.2) is 5.71 Å². The lowest BCUT2D eigenvalue weighted by Crippen LogP contribution is -2.51. The first-order valence-electron chi connectivity index (χ1n) is 28.9. The molecular formula is C59H74N6O23S4. The van der Waals surface area contributed by atoms with Gasteiger partial charge in [-0.15, -0.1) is 0 Å². The first-order chi connectivity index (χ1) is 42.9. The number of anilines is 1. The number of ether oxygens (including phenoxy) is 2. The molecule has 33 heteroatoms. The van der Waals surface area contributed by atoms with E-state index in [1.807, 2.05) is 61.6 Å². The third kappa shape index (κ3) is 18.3. The maximum Gasteiger partial charge on any atom is 0.326 e. The maximum absolute atomic E-state index is 12.8. The number of hydrogen-bond donors (Lipinski definition) is 10. The highest BCUT2D eigenvalue weighted by molar-refractivity contribution is 7.87. The fourth-order valence-electron chi connectivity index (χ4n) is 11.3. The number of carbonyl (C=O) groups excluding carboxylic acids is 3. The topological polar surface area (TPSA) is 456 Å². The van der Waals surface area contributed by atoms with Gasteiger partial charge in [0, 0.05) is 78.8 Å². The van der Waals surface area contributed by atoms with Crippen LogP contribution in [0, 0.1) is 0 Å². The summed E-state index contributed by atoms with van der Waals surface area (Å²) in [7, 11) is -20.2. The van der Waals surface area contributed by atoms with Gasteiger partial charge in [0.05, 0.1) is 39.9 Å². The van der Waals surface area contributed by atoms with Crippen molar-refractivity contribution in [2.75, 3.05) is 57.5 Å². The van der Waals surface area contributed by atoms with Crippen LogP contribution in [0.25, 0.3) is 21.5 Å². The van der Waals surface area contributed by atoms with Gasteiger partial charge in [-0.2, -0.15) is 29.8 Å². The van der Waals surface area contributed by atoms with E-state index in [1.165, 1.54) is 12.1 Å². The molecule has 10 N–H and O–H groups in total. The van der Waals surface area contributed by atoms with E-state index in [-0.39, 0.29) is 86.2 Å². The lowest BCUT2D eigenvalue weighted by molar-refractivity contribution is -0.438. The van der Waals surface area contributed by atoms with Crippen LogP contribution in [0.5, 0.6) is 0 Å². The highest BCUT2D eigenvalue weighted by atomic mass is 32.2. The number of fused-ring (bicyclic) bond motifs is 6. The summed E-state index contributed by atoms with van der Waals surface area (Å²) >= 11 is 0. The highest BCUT2D eigenvalue weighted by Crippen LogP contribution is 2.52. The molecular weight excluding hydrogens is 1290 g/mol. The van der Waals surface area contributed by atoms with Crippen LogP contribution in [-0.2, 0) is 84.7 Å². The van der Waals surface area contributed by atoms with E-state index in [9.17, 15) is 90.9 Å². The van der Waals surface area contributed by atoms with Crippen LogP contribution in [0.3, 0.4) is 0 Å². The number of urea groups is 1. The third-order valence-corrected chi connectivity index (χ3v) is 19.0. The van der Waals surface area contributed by atoms with Crippen LogP contribution in [0.1, 0.15) is 104 Å². The van der Waals surface area contributed by atoms with Crippen molar-refractivity contribution >= 4 is 115 Å². The number of likely N-dealkylation sites (N-methyl/N-ethyl adjacent to an activating group) is 1. The lowest BCUT2D eigenvalue weighted by Gasteiger charge is -2.26. The zero-order chi connectivity index (χ0) is 68.3. The van der Waals surface area contributed by atoms with Crippen molar-refractivity contribution in [1.82, 2.24) is 21.3 Å². The number of aliphatic carboxylic acids is 3. The molecule has 0 saturated carbocycles. The molecule has 0 bridgehead atoms. The smallest absolute Gasteiger partial charge is 0.326 e. The van der Waals surface area contributed by atoms with Crippen molar-refractivity contribution in [3.05, 3.63) is 95.7 Å². The zero-order valence-corrected chi connectivity index (χ0v) is 54.1. The van der Waals surface area contributed by atoms with Crippen molar-refractivity contribution in [3.8, 4) is 0 Å². The summed E-state index contributed by atoms with van der Waals surface area (Å²) in [5.41, 5.74) is 1.63. The molecule has 0 fully saturated rings. The van der Waals surface area contributed by atoms with Gasteiger partial charge in [0.2, 0.25) is 17.5 Å². The second-order valence-electron chi connectivity index (χ2n) is 22.7. The monoisotopic (exact) mass is 1360 g/mol. The van der Waals surface area contributed by atoms with E-state index < -0.39 is 126 Å². The van der Waals surface area contributed by atoms with Crippen molar-refractivity contribution < 1.29 is 110 Å². The second kappa shape index (κ2) is 30.4. The van der Waals surface area contributed by atoms with Crippen molar-refractivity contribution in [1.29, 1.82) is 0 Å². The van der Waals surface area contributed by atoms with E-state index in [0.29, 0.717) is 84.8 Å². The van der Waals surface area contributed by atoms with E-state index in [2.05, 4.69) is 16.0 Å². The molecule has 502 valence electrons. The zero-order valence-electron chi connectivity index (χ0n) is 50.8. The molecule has 6 rings (SSSR count). The summed E-state index contributed by atoms with van der Waals surface area (Å²) in [6, 6.07) is 5.72. The third-order valence-electron chi connectivity index (χ3n) is 15.5. The lowest BCUT2D eigenvalue weighted by atomic mass is 9.79. The van der Waals surface area contributed by atoms with Crippen molar-refractivity contribution in [2.45, 2.75) is 135 Å². The molecule has 2 atom stereocenters. The number of rotatable bonds is 34. The van der Waals surface area contributed by atoms with Gasteiger partial charge in [-0.3, -0.25) is 28.0 Å². The van der Waals surface area contributed by atoms with Gasteiger partial charge in [-0.25, -0.2) is 22.8 Å². The average Bonchev–Trinajstić information content (AvgIpc) is 1.52. The number of benzene rings is 4. The van der Waals surface area contributed by atoms with E-state index in [1.54, 1.807) is 30.4 Å². The molecule has 29 nitrogen and oxygen atoms in total. The summed E-state index contributed by atoms with van der Waals surface area (Å²) in [4.78, 5) is 69.9. The van der Waals surface area contributed by atoms with Crippen molar-refractivity contribution in [2.24, 2.45) is 0 Å². The second-order valence-corrected chi connectivity index (χ2v) is 28.2. The van der Waals surface area contributed by atoms with Gasteiger partial charge in [0.1, 0.15) is 40.2 Å². The molecule has 0 spiro atoms. The van der Waals surface area contributed by atoms with Gasteiger partial charge in [-0.1, -0.05) is 38.1 Å². The quantitative estimate of drug-likeness (QED) is 0.0129. The summed E-state index contributed by atoms with van der Waals surface area (Å²) < 4.78 is 156. The molecule has 4 aromatic carbocycles. The standard InChI is InChI=1S/C59H74N6O23S4/c1-6-64-44-22-19-38-40(31-36(89(75,76)77)33-46(38)91(81,82)83)53(44)58(2,3)48(64)16-9-7-10-17-49-59(4,5)54-41-32-37(90(78,79)80)34-47(92(84,85)86)39(41)20-23-45(54)65(49)27-14-8-11-18-50(66)61-26-28-87-29-30-88-35-51(67)60-25-13-12-15-42(55(70)71)62-57(74)63-43(56(72)73)21-24-52(68)69/h7,9-10,16-17,19-20,22-23,31-34,42-43H,6,8,11-15,18,21,24-30,35H2,1-5H3,(H10-,60,61,62,63,66,67,68,69,70,71,72,73,74,75,76,77,78,79,80,81,82,83,84,85,86)/t42-,43-/m0/s1. The fraction of sp³-hybridized carbons (Fsp3) is 0.441. The SMILES string of the molecule is CCN1/C(=C/C=C/C=C/C2=[N+](CCCCCC(=O)NCCOCCOCC(=O)NCCCC[C@H](NC(=O)N[C@@H](CCC(=O)O)C(=O)O)C(=O)O)c3ccc4c(S(=O)(=O)O)cc(S(=O)(=O)O)cc4c3C2(C)C)C(C)(C)c2c1ccc1c(S(=O)(=O)[O-])cc(S(=O)(=O)O)cc21. The Morgan fingerprint density at radius 2 is 1.21 bits per heavy atom. The summed E-state index contributed by atoms with van der Waals surface area (Å²) in [6.07, 6.45) is 10.2. The predicted molar refractivity (Wildman–Crippen MR) is 332 cm³/mol. The first kappa shape index (κ1) is 73.3. The number of allylic oxidation sites excluding steroid dienone is 6. The van der Waals surface area contributed by atoms with Crippen LogP contribution >= 0.6 is 0 Å². The number of nitrogens with one attached hydrogen (secondary N) is 4. The summed E-state index contributed by atoms with van der Waals surface area (Å²) in [6.45, 7) is 10.3. The number of nitrogens with zero attached hydrogens (tertiary/aromatic N) is 2. The van der Waals surface area contributed by atoms with Crippen LogP contribution in [0.15, 0.2) is 104 Å². The highest BCUT2D eigenvalue weighted by Gasteiger charge is 2.46. The maximum atomic E-state index is 12.8. The minimum Gasteiger partial charge on any atom is -0.744 e. The molecule has 4 amide bonds. The number of carboxylic acid groups (broad SMARTS) is 3. The first-order valence-corrected chi connectivity index (χ1v) is 34.7. The number of hydrogen-bond acceptors (Lipinski definition) is 18. The largest absolute Gasteiger partial charge is 0.744 e. The van der Waals surface area contributed by atoms with Gasteiger partial charge in [0.25, 0.3) is 30.4 Å². The predicted octanol–water partition coefficient (Wildman–Crippen LogP) is 4.89. The minimum absolute atomic E-state index is 0.000596. The van der Waals surface area contributed by atoms with E-state index in [0.717, 1.165) is 12.1 Å². The molecule has 92 heavy (non-hydrogen) atoms.